The van der Waals surface area contributed by atoms with Crippen LogP contribution in [0.4, 0.5) is 4.39 Å². The van der Waals surface area contributed by atoms with Crippen LogP contribution in [0.1, 0.15) is 29.6 Å². The predicted molar refractivity (Wildman–Crippen MR) is 73.4 cm³/mol. The highest BCUT2D eigenvalue weighted by Gasteiger charge is 2.29. The lowest BCUT2D eigenvalue weighted by atomic mass is 10.1. The van der Waals surface area contributed by atoms with E-state index in [0.717, 1.165) is 6.42 Å². The lowest BCUT2D eigenvalue weighted by Gasteiger charge is -2.17. The van der Waals surface area contributed by atoms with Crippen LogP contribution in [0.2, 0.25) is 0 Å². The van der Waals surface area contributed by atoms with Gasteiger partial charge in [-0.2, -0.15) is 4.39 Å². The maximum absolute atomic E-state index is 13.8. The van der Waals surface area contributed by atoms with E-state index in [-0.39, 0.29) is 21.8 Å². The van der Waals surface area contributed by atoms with E-state index in [1.165, 1.54) is 13.2 Å². The second kappa shape index (κ2) is 5.97. The summed E-state index contributed by atoms with van der Waals surface area (Å²) in [6.45, 7) is 0. The average Bonchev–Trinajstić information content (AvgIpc) is 2.80. The van der Waals surface area contributed by atoms with Gasteiger partial charge in [-0.3, -0.25) is 4.79 Å². The van der Waals surface area contributed by atoms with Gasteiger partial charge in [0.2, 0.25) is 5.82 Å². The minimum absolute atomic E-state index is 0.167. The maximum Gasteiger partial charge on any atom is 0.255 e. The molecule has 5 nitrogen and oxygen atoms in total. The Kier molecular flexibility index (Phi) is 4.49. The maximum atomic E-state index is 13.8. The monoisotopic (exact) mass is 347 g/mol. The molecule has 2 rings (SSSR count). The van der Waals surface area contributed by atoms with Gasteiger partial charge in [0.05, 0.1) is 29.3 Å². The number of aliphatic hydroxyl groups excluding tert-OH is 1. The van der Waals surface area contributed by atoms with Crippen molar-refractivity contribution in [1.82, 2.24) is 5.32 Å². The molecule has 0 saturated heterocycles. The van der Waals surface area contributed by atoms with Crippen molar-refractivity contribution in [2.45, 2.75) is 31.4 Å². The number of hydrogen-bond acceptors (Lipinski definition) is 4. The molecule has 0 aromatic heterocycles. The third kappa shape index (κ3) is 2.73. The molecule has 0 aliphatic heterocycles. The topological polar surface area (TPSA) is 78.8 Å². The highest BCUT2D eigenvalue weighted by molar-refractivity contribution is 9.10. The fourth-order valence-electron chi connectivity index (χ4n) is 2.31. The number of halogens is 2. The van der Waals surface area contributed by atoms with Crippen molar-refractivity contribution in [3.05, 3.63) is 21.9 Å². The van der Waals surface area contributed by atoms with Crippen molar-refractivity contribution < 1.29 is 24.1 Å². The van der Waals surface area contributed by atoms with Crippen molar-refractivity contribution in [2.75, 3.05) is 7.11 Å². The SMILES string of the molecule is COc1c(Br)cc(C(=O)N[C@@H]2CCC[C@H]2O)c(O)c1F. The summed E-state index contributed by atoms with van der Waals surface area (Å²) in [7, 11) is 1.26. The molecule has 1 aliphatic carbocycles. The first-order valence-corrected chi connectivity index (χ1v) is 6.99. The van der Waals surface area contributed by atoms with E-state index in [9.17, 15) is 19.4 Å². The summed E-state index contributed by atoms with van der Waals surface area (Å²) in [6.07, 6.45) is 1.50. The molecule has 2 atom stereocenters. The normalized spacial score (nSPS) is 21.8. The summed E-state index contributed by atoms with van der Waals surface area (Å²) < 4.78 is 18.9. The molecule has 0 unspecified atom stereocenters. The summed E-state index contributed by atoms with van der Waals surface area (Å²) >= 11 is 3.08. The number of carbonyl (C=O) groups is 1. The van der Waals surface area contributed by atoms with Crippen LogP contribution < -0.4 is 10.1 Å². The third-order valence-corrected chi connectivity index (χ3v) is 3.98. The average molecular weight is 348 g/mol. The van der Waals surface area contributed by atoms with Gasteiger partial charge in [-0.05, 0) is 41.3 Å². The number of ether oxygens (including phenoxy) is 1. The fraction of sp³-hybridized carbons (Fsp3) is 0.462. The fourth-order valence-corrected chi connectivity index (χ4v) is 2.87. The molecular formula is C13H15BrFNO4. The molecule has 20 heavy (non-hydrogen) atoms. The van der Waals surface area contributed by atoms with Gasteiger partial charge < -0.3 is 20.3 Å². The van der Waals surface area contributed by atoms with Crippen molar-refractivity contribution in [3.63, 3.8) is 0 Å². The number of benzene rings is 1. The van der Waals surface area contributed by atoms with Gasteiger partial charge in [0.25, 0.3) is 5.91 Å². The van der Waals surface area contributed by atoms with Crippen LogP contribution in [0.25, 0.3) is 0 Å². The molecule has 1 saturated carbocycles. The number of hydrogen-bond donors (Lipinski definition) is 3. The first-order chi connectivity index (χ1) is 9.45. The van der Waals surface area contributed by atoms with Crippen molar-refractivity contribution in [2.24, 2.45) is 0 Å². The minimum atomic E-state index is -1.00. The molecular weight excluding hydrogens is 333 g/mol. The zero-order valence-electron chi connectivity index (χ0n) is 10.8. The zero-order valence-corrected chi connectivity index (χ0v) is 12.4. The number of nitrogens with one attached hydrogen (secondary N) is 1. The summed E-state index contributed by atoms with van der Waals surface area (Å²) in [5.41, 5.74) is -0.200. The van der Waals surface area contributed by atoms with Gasteiger partial charge in [0.1, 0.15) is 0 Å². The molecule has 1 fully saturated rings. The first kappa shape index (κ1) is 15.1. The Labute approximate surface area is 123 Å². The van der Waals surface area contributed by atoms with E-state index in [1.54, 1.807) is 0 Å². The van der Waals surface area contributed by atoms with Gasteiger partial charge in [-0.1, -0.05) is 0 Å². The Morgan fingerprint density at radius 1 is 1.55 bits per heavy atom. The van der Waals surface area contributed by atoms with Gasteiger partial charge in [0.15, 0.2) is 11.5 Å². The summed E-state index contributed by atoms with van der Waals surface area (Å²) in [5.74, 6) is -2.57. The Bertz CT molecular complexity index is 538. The van der Waals surface area contributed by atoms with Crippen LogP contribution in [-0.4, -0.2) is 35.4 Å². The van der Waals surface area contributed by atoms with Crippen LogP contribution in [0.15, 0.2) is 10.5 Å². The van der Waals surface area contributed by atoms with Crippen molar-refractivity contribution >= 4 is 21.8 Å². The van der Waals surface area contributed by atoms with Gasteiger partial charge >= 0.3 is 0 Å². The van der Waals surface area contributed by atoms with E-state index in [0.29, 0.717) is 12.8 Å². The summed E-state index contributed by atoms with van der Waals surface area (Å²) in [5, 5.41) is 22.0. The molecule has 0 spiro atoms. The summed E-state index contributed by atoms with van der Waals surface area (Å²) in [6, 6.07) is 0.916. The molecule has 1 amide bonds. The minimum Gasteiger partial charge on any atom is -0.504 e. The molecule has 1 aromatic carbocycles. The van der Waals surface area contributed by atoms with Crippen LogP contribution in [0.3, 0.4) is 0 Å². The molecule has 1 aliphatic rings. The Morgan fingerprint density at radius 3 is 2.80 bits per heavy atom. The Morgan fingerprint density at radius 2 is 2.25 bits per heavy atom. The van der Waals surface area contributed by atoms with Gasteiger partial charge in [0, 0.05) is 0 Å². The number of aliphatic hydroxyl groups is 1. The number of methoxy groups -OCH3 is 1. The van der Waals surface area contributed by atoms with E-state index >= 15 is 0 Å². The van der Waals surface area contributed by atoms with Crippen LogP contribution in [0, 0.1) is 5.82 Å². The van der Waals surface area contributed by atoms with Crippen LogP contribution in [0.5, 0.6) is 11.5 Å². The highest BCUT2D eigenvalue weighted by atomic mass is 79.9. The van der Waals surface area contributed by atoms with Crippen molar-refractivity contribution in [1.29, 1.82) is 0 Å². The molecule has 7 heteroatoms. The molecule has 3 N–H and O–H groups in total. The standard InChI is InChI=1S/C13H15BrFNO4/c1-20-12-7(14)5-6(11(18)10(12)15)13(19)16-8-3-2-4-9(8)17/h5,8-9,17-18H,2-4H2,1H3,(H,16,19)/t8-,9-/m1/s1. The molecule has 110 valence electrons. The largest absolute Gasteiger partial charge is 0.504 e. The number of amides is 1. The van der Waals surface area contributed by atoms with Crippen LogP contribution >= 0.6 is 15.9 Å². The second-order valence-corrected chi connectivity index (χ2v) is 5.53. The molecule has 1 aromatic rings. The Balaban J connectivity index is 2.26. The predicted octanol–water partition coefficient (Wildman–Crippen LogP) is 1.95. The van der Waals surface area contributed by atoms with E-state index in [4.69, 9.17) is 4.74 Å². The zero-order chi connectivity index (χ0) is 14.9. The number of aromatic hydroxyl groups is 1. The Hall–Kier alpha value is -1.34. The number of carbonyl (C=O) groups excluding carboxylic acids is 1. The van der Waals surface area contributed by atoms with Gasteiger partial charge in [-0.25, -0.2) is 0 Å². The number of phenols is 1. The van der Waals surface area contributed by atoms with Crippen LogP contribution in [-0.2, 0) is 0 Å². The van der Waals surface area contributed by atoms with Crippen molar-refractivity contribution in [3.8, 4) is 11.5 Å². The summed E-state index contributed by atoms with van der Waals surface area (Å²) in [4.78, 5) is 12.1. The lowest BCUT2D eigenvalue weighted by molar-refractivity contribution is 0.0869. The first-order valence-electron chi connectivity index (χ1n) is 6.19. The highest BCUT2D eigenvalue weighted by Crippen LogP contribution is 2.36. The van der Waals surface area contributed by atoms with E-state index < -0.39 is 23.6 Å². The smallest absolute Gasteiger partial charge is 0.255 e. The van der Waals surface area contributed by atoms with Gasteiger partial charge in [-0.15, -0.1) is 0 Å². The molecule has 0 bridgehead atoms. The number of phenolic OH excluding ortho intramolecular Hbond substituents is 1. The molecule has 0 radical (unpaired) electrons. The van der Waals surface area contributed by atoms with E-state index in [1.807, 2.05) is 0 Å². The van der Waals surface area contributed by atoms with E-state index in [2.05, 4.69) is 21.2 Å². The lowest BCUT2D eigenvalue weighted by Crippen LogP contribution is -2.39. The number of rotatable bonds is 3. The second-order valence-electron chi connectivity index (χ2n) is 4.68. The quantitative estimate of drug-likeness (QED) is 0.780. The molecule has 0 heterocycles. The third-order valence-electron chi connectivity index (χ3n) is 3.40.